The van der Waals surface area contributed by atoms with E-state index in [4.69, 9.17) is 21.1 Å². The van der Waals surface area contributed by atoms with Gasteiger partial charge in [0, 0.05) is 29.4 Å². The average Bonchev–Trinajstić information content (AvgIpc) is 2.73. The van der Waals surface area contributed by atoms with Crippen molar-refractivity contribution in [2.45, 2.75) is 13.3 Å². The van der Waals surface area contributed by atoms with Crippen LogP contribution in [-0.4, -0.2) is 44.8 Å². The van der Waals surface area contributed by atoms with Gasteiger partial charge in [-0.15, -0.1) is 0 Å². The van der Waals surface area contributed by atoms with E-state index < -0.39 is 5.97 Å². The van der Waals surface area contributed by atoms with Crippen molar-refractivity contribution in [3.8, 4) is 0 Å². The predicted octanol–water partition coefficient (Wildman–Crippen LogP) is 4.00. The molecular formula is C21H23ClN2O4. The van der Waals surface area contributed by atoms with E-state index in [-0.39, 0.29) is 5.91 Å². The number of carbonyl (C=O) groups excluding carboxylic acids is 2. The Hall–Kier alpha value is -2.57. The summed E-state index contributed by atoms with van der Waals surface area (Å²) in [5.41, 5.74) is 2.23. The van der Waals surface area contributed by atoms with Gasteiger partial charge in [0.05, 0.1) is 31.1 Å². The molecule has 1 aliphatic heterocycles. The molecule has 0 spiro atoms. The second-order valence-corrected chi connectivity index (χ2v) is 6.86. The lowest BCUT2D eigenvalue weighted by Crippen LogP contribution is -2.37. The van der Waals surface area contributed by atoms with Gasteiger partial charge in [0.15, 0.2) is 0 Å². The van der Waals surface area contributed by atoms with Crippen molar-refractivity contribution in [2.75, 3.05) is 43.1 Å². The average molecular weight is 403 g/mol. The molecule has 28 heavy (non-hydrogen) atoms. The topological polar surface area (TPSA) is 67.9 Å². The maximum atomic E-state index is 12.6. The monoisotopic (exact) mass is 402 g/mol. The number of anilines is 2. The van der Waals surface area contributed by atoms with Crippen LogP contribution < -0.4 is 10.2 Å². The Balaban J connectivity index is 1.84. The molecule has 7 heteroatoms. The van der Waals surface area contributed by atoms with E-state index in [2.05, 4.69) is 10.2 Å². The second-order valence-electron chi connectivity index (χ2n) is 6.43. The molecule has 0 aliphatic carbocycles. The number of ether oxygens (including phenoxy) is 2. The van der Waals surface area contributed by atoms with Crippen LogP contribution >= 0.6 is 11.6 Å². The summed E-state index contributed by atoms with van der Waals surface area (Å²) in [6.07, 6.45) is 0.742. The molecular weight excluding hydrogens is 380 g/mol. The van der Waals surface area contributed by atoms with E-state index in [1.54, 1.807) is 36.4 Å². The first kappa shape index (κ1) is 20.2. The molecule has 2 aromatic carbocycles. The zero-order valence-electron chi connectivity index (χ0n) is 15.7. The number of halogens is 1. The molecule has 148 valence electrons. The van der Waals surface area contributed by atoms with Crippen LogP contribution in [0.25, 0.3) is 0 Å². The maximum absolute atomic E-state index is 12.6. The highest BCUT2D eigenvalue weighted by molar-refractivity contribution is 6.30. The molecule has 1 N–H and O–H groups in total. The number of benzene rings is 2. The summed E-state index contributed by atoms with van der Waals surface area (Å²) in [7, 11) is 0. The van der Waals surface area contributed by atoms with Crippen molar-refractivity contribution < 1.29 is 19.1 Å². The van der Waals surface area contributed by atoms with Gasteiger partial charge in [0.1, 0.15) is 0 Å². The van der Waals surface area contributed by atoms with Gasteiger partial charge in [-0.2, -0.15) is 0 Å². The number of esters is 1. The maximum Gasteiger partial charge on any atom is 0.340 e. The van der Waals surface area contributed by atoms with E-state index in [0.717, 1.165) is 12.1 Å². The number of rotatable bonds is 6. The number of morpholine rings is 1. The third-order valence-electron chi connectivity index (χ3n) is 4.37. The summed E-state index contributed by atoms with van der Waals surface area (Å²) in [6.45, 7) is 4.91. The number of nitrogens with zero attached hydrogens (tertiary/aromatic N) is 1. The number of hydrogen-bond acceptors (Lipinski definition) is 5. The minimum atomic E-state index is -0.397. The minimum absolute atomic E-state index is 0.274. The van der Waals surface area contributed by atoms with Crippen LogP contribution in [0, 0.1) is 0 Å². The lowest BCUT2D eigenvalue weighted by atomic mass is 10.1. The molecule has 0 aromatic heterocycles. The van der Waals surface area contributed by atoms with Gasteiger partial charge in [-0.05, 0) is 48.9 Å². The van der Waals surface area contributed by atoms with E-state index in [9.17, 15) is 9.59 Å². The summed E-state index contributed by atoms with van der Waals surface area (Å²) < 4.78 is 10.7. The van der Waals surface area contributed by atoms with Crippen molar-refractivity contribution in [3.05, 3.63) is 58.6 Å². The predicted molar refractivity (Wildman–Crippen MR) is 109 cm³/mol. The van der Waals surface area contributed by atoms with Crippen LogP contribution in [-0.2, 0) is 9.47 Å². The zero-order valence-corrected chi connectivity index (χ0v) is 16.5. The molecule has 1 fully saturated rings. The minimum Gasteiger partial charge on any atom is -0.462 e. The largest absolute Gasteiger partial charge is 0.462 e. The third-order valence-corrected chi connectivity index (χ3v) is 4.62. The Labute approximate surface area is 169 Å². The number of carbonyl (C=O) groups is 2. The normalized spacial score (nSPS) is 13.9. The van der Waals surface area contributed by atoms with Crippen LogP contribution in [0.2, 0.25) is 5.02 Å². The molecule has 2 aromatic rings. The third kappa shape index (κ3) is 5.03. The Morgan fingerprint density at radius 1 is 1.14 bits per heavy atom. The highest BCUT2D eigenvalue weighted by Gasteiger charge is 2.21. The first-order valence-corrected chi connectivity index (χ1v) is 9.67. The fourth-order valence-corrected chi connectivity index (χ4v) is 3.06. The van der Waals surface area contributed by atoms with Gasteiger partial charge < -0.3 is 19.7 Å². The summed E-state index contributed by atoms with van der Waals surface area (Å²) in [5, 5.41) is 3.39. The highest BCUT2D eigenvalue weighted by Crippen LogP contribution is 2.26. The molecule has 0 unspecified atom stereocenters. The number of nitrogens with one attached hydrogen (secondary N) is 1. The standard InChI is InChI=1S/C21H23ClN2O4/c1-2-11-28-21(26)18-14-17(7-8-19(18)24-9-12-27-13-10-24)23-20(25)15-3-5-16(22)6-4-15/h3-8,14H,2,9-13H2,1H3,(H,23,25). The van der Waals surface area contributed by atoms with Gasteiger partial charge in [-0.3, -0.25) is 4.79 Å². The molecule has 0 radical (unpaired) electrons. The van der Waals surface area contributed by atoms with E-state index in [1.807, 2.05) is 13.0 Å². The fourth-order valence-electron chi connectivity index (χ4n) is 2.93. The highest BCUT2D eigenvalue weighted by atomic mass is 35.5. The van der Waals surface area contributed by atoms with Crippen molar-refractivity contribution in [1.29, 1.82) is 0 Å². The van der Waals surface area contributed by atoms with Gasteiger partial charge in [0.2, 0.25) is 0 Å². The molecule has 0 bridgehead atoms. The van der Waals surface area contributed by atoms with Crippen molar-refractivity contribution in [3.63, 3.8) is 0 Å². The van der Waals surface area contributed by atoms with E-state index >= 15 is 0 Å². The molecule has 1 heterocycles. The summed E-state index contributed by atoms with van der Waals surface area (Å²) in [5.74, 6) is -0.672. The first-order valence-electron chi connectivity index (χ1n) is 9.29. The van der Waals surface area contributed by atoms with Crippen LogP contribution in [0.15, 0.2) is 42.5 Å². The lowest BCUT2D eigenvalue weighted by Gasteiger charge is -2.30. The Morgan fingerprint density at radius 2 is 1.86 bits per heavy atom. The zero-order chi connectivity index (χ0) is 19.9. The molecule has 1 saturated heterocycles. The number of hydrogen-bond donors (Lipinski definition) is 1. The molecule has 0 atom stereocenters. The Kier molecular flexibility index (Phi) is 6.90. The molecule has 0 saturated carbocycles. The van der Waals surface area contributed by atoms with Crippen LogP contribution in [0.5, 0.6) is 0 Å². The van der Waals surface area contributed by atoms with Crippen LogP contribution in [0.3, 0.4) is 0 Å². The van der Waals surface area contributed by atoms with E-state index in [1.165, 1.54) is 0 Å². The SMILES string of the molecule is CCCOC(=O)c1cc(NC(=O)c2ccc(Cl)cc2)ccc1N1CCOCC1. The van der Waals surface area contributed by atoms with Crippen molar-refractivity contribution in [2.24, 2.45) is 0 Å². The summed E-state index contributed by atoms with van der Waals surface area (Å²) in [6, 6.07) is 11.9. The molecule has 6 nitrogen and oxygen atoms in total. The first-order chi connectivity index (χ1) is 13.6. The quantitative estimate of drug-likeness (QED) is 0.740. The van der Waals surface area contributed by atoms with Gasteiger partial charge in [0.25, 0.3) is 5.91 Å². The Bertz CT molecular complexity index is 833. The summed E-state index contributed by atoms with van der Waals surface area (Å²) >= 11 is 5.87. The smallest absolute Gasteiger partial charge is 0.340 e. The molecule has 1 amide bonds. The van der Waals surface area contributed by atoms with Crippen molar-refractivity contribution in [1.82, 2.24) is 0 Å². The number of amides is 1. The van der Waals surface area contributed by atoms with Crippen LogP contribution in [0.4, 0.5) is 11.4 Å². The van der Waals surface area contributed by atoms with Crippen LogP contribution in [0.1, 0.15) is 34.1 Å². The molecule has 1 aliphatic rings. The second kappa shape index (κ2) is 9.57. The van der Waals surface area contributed by atoms with Gasteiger partial charge >= 0.3 is 5.97 Å². The lowest BCUT2D eigenvalue weighted by molar-refractivity contribution is 0.0504. The van der Waals surface area contributed by atoms with Gasteiger partial charge in [-0.25, -0.2) is 4.79 Å². The fraction of sp³-hybridized carbons (Fsp3) is 0.333. The summed E-state index contributed by atoms with van der Waals surface area (Å²) in [4.78, 5) is 27.2. The van der Waals surface area contributed by atoms with Crippen molar-refractivity contribution >= 4 is 34.9 Å². The molecule has 3 rings (SSSR count). The van der Waals surface area contributed by atoms with E-state index in [0.29, 0.717) is 54.7 Å². The Morgan fingerprint density at radius 3 is 2.54 bits per heavy atom. The van der Waals surface area contributed by atoms with Gasteiger partial charge in [-0.1, -0.05) is 18.5 Å².